The third-order valence-electron chi connectivity index (χ3n) is 2.36. The first kappa shape index (κ1) is 14.5. The van der Waals surface area contributed by atoms with Gasteiger partial charge in [0, 0.05) is 6.07 Å². The molecule has 0 saturated heterocycles. The predicted molar refractivity (Wildman–Crippen MR) is 61.0 cm³/mol. The summed E-state index contributed by atoms with van der Waals surface area (Å²) in [5.74, 6) is -3.85. The number of amides is 1. The fraction of sp³-hybridized carbons (Fsp3) is 0.273. The summed E-state index contributed by atoms with van der Waals surface area (Å²) in [5.41, 5.74) is -3.22. The molecule has 0 unspecified atom stereocenters. The minimum Gasteiger partial charge on any atom is -0.316 e. The van der Waals surface area contributed by atoms with Gasteiger partial charge in [0.1, 0.15) is 5.41 Å². The molecule has 19 heavy (non-hydrogen) atoms. The average molecular weight is 269 g/mol. The Balaban J connectivity index is 3.28. The number of carbonyl (C=O) groups is 1. The number of carbonyl (C=O) groups excluding carboxylic acids is 1. The van der Waals surface area contributed by atoms with Gasteiger partial charge >= 0.3 is 0 Å². The molecule has 0 spiro atoms. The van der Waals surface area contributed by atoms with Gasteiger partial charge < -0.3 is 5.32 Å². The van der Waals surface area contributed by atoms with Crippen molar-refractivity contribution in [3.05, 3.63) is 33.9 Å². The summed E-state index contributed by atoms with van der Waals surface area (Å²) in [6.45, 7) is 2.48. The van der Waals surface area contributed by atoms with Crippen molar-refractivity contribution in [2.75, 3.05) is 5.32 Å². The summed E-state index contributed by atoms with van der Waals surface area (Å²) >= 11 is 0. The maximum atomic E-state index is 13.5. The highest BCUT2D eigenvalue weighted by molar-refractivity contribution is 5.98. The average Bonchev–Trinajstić information content (AvgIpc) is 2.34. The van der Waals surface area contributed by atoms with Gasteiger partial charge in [-0.3, -0.25) is 14.9 Å². The lowest BCUT2D eigenvalue weighted by atomic mass is 9.94. The molecule has 100 valence electrons. The molecule has 1 amide bonds. The van der Waals surface area contributed by atoms with E-state index in [1.54, 1.807) is 6.07 Å². The molecule has 1 aromatic rings. The lowest BCUT2D eigenvalue weighted by Gasteiger charge is -2.15. The monoisotopic (exact) mass is 269 g/mol. The van der Waals surface area contributed by atoms with Gasteiger partial charge in [-0.05, 0) is 19.9 Å². The maximum absolute atomic E-state index is 13.5. The normalized spacial score (nSPS) is 10.7. The smallest absolute Gasteiger partial charge is 0.296 e. The minimum absolute atomic E-state index is 0.582. The number of nitrogens with zero attached hydrogens (tertiary/aromatic N) is 2. The highest BCUT2D eigenvalue weighted by atomic mass is 19.2. The quantitative estimate of drug-likeness (QED) is 0.672. The van der Waals surface area contributed by atoms with Crippen LogP contribution in [-0.2, 0) is 4.79 Å². The van der Waals surface area contributed by atoms with Crippen LogP contribution < -0.4 is 5.32 Å². The van der Waals surface area contributed by atoms with Crippen LogP contribution in [0.15, 0.2) is 12.1 Å². The molecule has 1 aromatic carbocycles. The van der Waals surface area contributed by atoms with E-state index in [1.165, 1.54) is 13.8 Å². The number of nitriles is 1. The Kier molecular flexibility index (Phi) is 3.80. The molecular formula is C11H9F2N3O3. The first-order valence-electron chi connectivity index (χ1n) is 5.06. The molecule has 0 heterocycles. The number of nitro benzene ring substituents is 1. The molecule has 0 fully saturated rings. The largest absolute Gasteiger partial charge is 0.316 e. The van der Waals surface area contributed by atoms with Crippen molar-refractivity contribution in [3.63, 3.8) is 0 Å². The highest BCUT2D eigenvalue weighted by Crippen LogP contribution is 2.30. The lowest BCUT2D eigenvalue weighted by molar-refractivity contribution is -0.384. The Morgan fingerprint density at radius 2 is 2.05 bits per heavy atom. The zero-order chi connectivity index (χ0) is 14.8. The number of halogens is 2. The van der Waals surface area contributed by atoms with Gasteiger partial charge in [0.25, 0.3) is 5.69 Å². The number of benzene rings is 1. The Bertz CT molecular complexity index is 594. The summed E-state index contributed by atoms with van der Waals surface area (Å²) in [6, 6.07) is 2.96. The van der Waals surface area contributed by atoms with E-state index in [0.29, 0.717) is 6.07 Å². The van der Waals surface area contributed by atoms with Crippen molar-refractivity contribution in [2.45, 2.75) is 13.8 Å². The molecule has 0 saturated carbocycles. The second kappa shape index (κ2) is 4.97. The fourth-order valence-electron chi connectivity index (χ4n) is 1.13. The zero-order valence-electron chi connectivity index (χ0n) is 10.0. The van der Waals surface area contributed by atoms with Crippen molar-refractivity contribution < 1.29 is 18.5 Å². The number of nitrogens with one attached hydrogen (secondary N) is 1. The van der Waals surface area contributed by atoms with Crippen molar-refractivity contribution in [1.82, 2.24) is 0 Å². The molecular weight excluding hydrogens is 260 g/mol. The van der Waals surface area contributed by atoms with Gasteiger partial charge in [-0.15, -0.1) is 0 Å². The molecule has 6 nitrogen and oxygen atoms in total. The van der Waals surface area contributed by atoms with Crippen LogP contribution in [0.25, 0.3) is 0 Å². The van der Waals surface area contributed by atoms with E-state index < -0.39 is 39.3 Å². The van der Waals surface area contributed by atoms with E-state index in [4.69, 9.17) is 5.26 Å². The fourth-order valence-corrected chi connectivity index (χ4v) is 1.13. The Hall–Kier alpha value is -2.56. The van der Waals surface area contributed by atoms with Gasteiger partial charge in [0.05, 0.1) is 11.0 Å². The topological polar surface area (TPSA) is 96.0 Å². The number of anilines is 1. The molecule has 0 atom stereocenters. The molecule has 0 radical (unpaired) electrons. The van der Waals surface area contributed by atoms with Gasteiger partial charge in [-0.2, -0.15) is 5.26 Å². The van der Waals surface area contributed by atoms with Crippen molar-refractivity contribution in [3.8, 4) is 6.07 Å². The minimum atomic E-state index is -1.55. The van der Waals surface area contributed by atoms with E-state index in [2.05, 4.69) is 0 Å². The Labute approximate surface area is 106 Å². The van der Waals surface area contributed by atoms with Crippen LogP contribution in [-0.4, -0.2) is 10.8 Å². The van der Waals surface area contributed by atoms with Crippen LogP contribution in [0, 0.1) is 38.5 Å². The summed E-state index contributed by atoms with van der Waals surface area (Å²) in [7, 11) is 0. The first-order chi connectivity index (χ1) is 8.70. The Morgan fingerprint density at radius 3 is 2.53 bits per heavy atom. The van der Waals surface area contributed by atoms with E-state index in [9.17, 15) is 23.7 Å². The molecule has 1 N–H and O–H groups in total. The number of rotatable bonds is 3. The van der Waals surface area contributed by atoms with Crippen LogP contribution in [0.1, 0.15) is 13.8 Å². The van der Waals surface area contributed by atoms with Crippen LogP contribution >= 0.6 is 0 Å². The molecule has 0 aliphatic heterocycles. The van der Waals surface area contributed by atoms with E-state index in [1.807, 2.05) is 5.32 Å². The number of hydrogen-bond acceptors (Lipinski definition) is 4. The molecule has 8 heteroatoms. The van der Waals surface area contributed by atoms with Gasteiger partial charge in [0.15, 0.2) is 17.3 Å². The van der Waals surface area contributed by atoms with E-state index in [-0.39, 0.29) is 0 Å². The predicted octanol–water partition coefficient (Wildman–Crippen LogP) is 2.36. The standard InChI is InChI=1S/C11H9F2N3O3/c1-11(2,5-14)10(17)15-9-7(16(18)19)4-3-6(12)8(9)13/h3-4H,1-2H3,(H,15,17). The van der Waals surface area contributed by atoms with Gasteiger partial charge in [0.2, 0.25) is 5.91 Å². The first-order valence-corrected chi connectivity index (χ1v) is 5.06. The summed E-state index contributed by atoms with van der Waals surface area (Å²) < 4.78 is 26.5. The zero-order valence-corrected chi connectivity index (χ0v) is 10.0. The van der Waals surface area contributed by atoms with Crippen molar-refractivity contribution in [1.29, 1.82) is 5.26 Å². The SMILES string of the molecule is CC(C)(C#N)C(=O)Nc1c([N+](=O)[O-])ccc(F)c1F. The van der Waals surface area contributed by atoms with Crippen molar-refractivity contribution in [2.24, 2.45) is 5.41 Å². The van der Waals surface area contributed by atoms with Gasteiger partial charge in [-0.25, -0.2) is 8.78 Å². The van der Waals surface area contributed by atoms with Crippen LogP contribution in [0.4, 0.5) is 20.2 Å². The summed E-state index contributed by atoms with van der Waals surface area (Å²) in [4.78, 5) is 21.4. The van der Waals surface area contributed by atoms with E-state index in [0.717, 1.165) is 6.07 Å². The van der Waals surface area contributed by atoms with Crippen LogP contribution in [0.5, 0.6) is 0 Å². The molecule has 0 aromatic heterocycles. The molecule has 0 aliphatic carbocycles. The second-order valence-electron chi connectivity index (χ2n) is 4.20. The third kappa shape index (κ3) is 2.82. The van der Waals surface area contributed by atoms with Crippen molar-refractivity contribution >= 4 is 17.3 Å². The Morgan fingerprint density at radius 1 is 1.47 bits per heavy atom. The highest BCUT2D eigenvalue weighted by Gasteiger charge is 2.31. The van der Waals surface area contributed by atoms with E-state index >= 15 is 0 Å². The van der Waals surface area contributed by atoms with Crippen LogP contribution in [0.2, 0.25) is 0 Å². The second-order valence-corrected chi connectivity index (χ2v) is 4.20. The lowest BCUT2D eigenvalue weighted by Crippen LogP contribution is -2.30. The number of hydrogen-bond donors (Lipinski definition) is 1. The van der Waals surface area contributed by atoms with Gasteiger partial charge in [-0.1, -0.05) is 0 Å². The molecule has 1 rings (SSSR count). The molecule has 0 bridgehead atoms. The molecule has 0 aliphatic rings. The maximum Gasteiger partial charge on any atom is 0.296 e. The summed E-state index contributed by atoms with van der Waals surface area (Å²) in [6.07, 6.45) is 0. The summed E-state index contributed by atoms with van der Waals surface area (Å²) in [5, 5.41) is 21.3. The third-order valence-corrected chi connectivity index (χ3v) is 2.36. The number of nitro groups is 1. The van der Waals surface area contributed by atoms with Crippen LogP contribution in [0.3, 0.4) is 0 Å².